The van der Waals surface area contributed by atoms with Gasteiger partial charge in [-0.25, -0.2) is 0 Å². The third kappa shape index (κ3) is 3.16. The third-order valence-electron chi connectivity index (χ3n) is 2.74. The number of hydrogen-bond donors (Lipinski definition) is 0. The van der Waals surface area contributed by atoms with Gasteiger partial charge in [0.25, 0.3) is 0 Å². The summed E-state index contributed by atoms with van der Waals surface area (Å²) in [4.78, 5) is 1.33. The second kappa shape index (κ2) is 5.45. The molecule has 15 heavy (non-hydrogen) atoms. The SMILES string of the molecule is CCSc1ccc(OC2CCCC2)cc1. The van der Waals surface area contributed by atoms with Crippen LogP contribution in [0.2, 0.25) is 0 Å². The van der Waals surface area contributed by atoms with Crippen molar-refractivity contribution in [3.05, 3.63) is 24.3 Å². The van der Waals surface area contributed by atoms with Crippen molar-refractivity contribution in [2.24, 2.45) is 0 Å². The topological polar surface area (TPSA) is 9.23 Å². The normalized spacial score (nSPS) is 16.9. The highest BCUT2D eigenvalue weighted by Crippen LogP contribution is 2.26. The van der Waals surface area contributed by atoms with E-state index in [1.165, 1.54) is 30.6 Å². The van der Waals surface area contributed by atoms with E-state index in [2.05, 4.69) is 31.2 Å². The Bertz CT molecular complexity index is 288. The van der Waals surface area contributed by atoms with Crippen LogP contribution in [0.5, 0.6) is 5.75 Å². The molecule has 2 heteroatoms. The van der Waals surface area contributed by atoms with Crippen molar-refractivity contribution < 1.29 is 4.74 Å². The lowest BCUT2D eigenvalue weighted by molar-refractivity contribution is 0.210. The van der Waals surface area contributed by atoms with Crippen LogP contribution in [-0.4, -0.2) is 11.9 Å². The van der Waals surface area contributed by atoms with Crippen LogP contribution in [0.4, 0.5) is 0 Å². The van der Waals surface area contributed by atoms with Gasteiger partial charge in [0.15, 0.2) is 0 Å². The second-order valence-electron chi connectivity index (χ2n) is 3.93. The first kappa shape index (κ1) is 10.9. The van der Waals surface area contributed by atoms with Gasteiger partial charge in [0.1, 0.15) is 5.75 Å². The first-order valence-corrected chi connectivity index (χ1v) is 6.76. The van der Waals surface area contributed by atoms with Crippen molar-refractivity contribution in [1.82, 2.24) is 0 Å². The van der Waals surface area contributed by atoms with Gasteiger partial charge in [-0.15, -0.1) is 11.8 Å². The minimum atomic E-state index is 0.467. The van der Waals surface area contributed by atoms with E-state index in [9.17, 15) is 0 Å². The van der Waals surface area contributed by atoms with E-state index in [1.807, 2.05) is 11.8 Å². The van der Waals surface area contributed by atoms with Gasteiger partial charge < -0.3 is 4.74 Å². The summed E-state index contributed by atoms with van der Waals surface area (Å²) in [5.74, 6) is 2.16. The van der Waals surface area contributed by atoms with E-state index in [1.54, 1.807) is 0 Å². The van der Waals surface area contributed by atoms with Gasteiger partial charge >= 0.3 is 0 Å². The van der Waals surface area contributed by atoms with Crippen LogP contribution in [0.15, 0.2) is 29.2 Å². The first-order chi connectivity index (χ1) is 7.38. The Morgan fingerprint density at radius 1 is 1.20 bits per heavy atom. The molecule has 1 aliphatic rings. The van der Waals surface area contributed by atoms with Crippen LogP contribution in [0.3, 0.4) is 0 Å². The van der Waals surface area contributed by atoms with E-state index in [0.717, 1.165) is 11.5 Å². The number of rotatable bonds is 4. The molecule has 1 aromatic carbocycles. The Labute approximate surface area is 96.2 Å². The molecule has 0 aliphatic heterocycles. The Morgan fingerprint density at radius 3 is 2.47 bits per heavy atom. The molecular weight excluding hydrogens is 204 g/mol. The maximum absolute atomic E-state index is 5.90. The summed E-state index contributed by atoms with van der Waals surface area (Å²) < 4.78 is 5.90. The molecule has 1 nitrogen and oxygen atoms in total. The van der Waals surface area contributed by atoms with E-state index in [4.69, 9.17) is 4.74 Å². The van der Waals surface area contributed by atoms with Crippen LogP contribution >= 0.6 is 11.8 Å². The largest absolute Gasteiger partial charge is 0.490 e. The second-order valence-corrected chi connectivity index (χ2v) is 5.27. The molecule has 0 spiro atoms. The van der Waals surface area contributed by atoms with Gasteiger partial charge in [-0.1, -0.05) is 6.92 Å². The molecule has 0 amide bonds. The highest BCUT2D eigenvalue weighted by molar-refractivity contribution is 7.99. The third-order valence-corrected chi connectivity index (χ3v) is 3.63. The van der Waals surface area contributed by atoms with Crippen LogP contribution in [0.25, 0.3) is 0 Å². The summed E-state index contributed by atoms with van der Waals surface area (Å²) in [6.07, 6.45) is 5.58. The maximum atomic E-state index is 5.90. The fourth-order valence-electron chi connectivity index (χ4n) is 1.98. The lowest BCUT2D eigenvalue weighted by atomic mass is 10.3. The van der Waals surface area contributed by atoms with Gasteiger partial charge in [0.05, 0.1) is 6.10 Å². The van der Waals surface area contributed by atoms with Crippen molar-refractivity contribution in [1.29, 1.82) is 0 Å². The van der Waals surface area contributed by atoms with Crippen molar-refractivity contribution >= 4 is 11.8 Å². The summed E-state index contributed by atoms with van der Waals surface area (Å²) in [5, 5.41) is 0. The molecule has 0 N–H and O–H groups in total. The van der Waals surface area contributed by atoms with E-state index in [-0.39, 0.29) is 0 Å². The van der Waals surface area contributed by atoms with Crippen LogP contribution in [-0.2, 0) is 0 Å². The van der Waals surface area contributed by atoms with E-state index in [0.29, 0.717) is 6.10 Å². The maximum Gasteiger partial charge on any atom is 0.119 e. The molecular formula is C13H18OS. The van der Waals surface area contributed by atoms with Crippen LogP contribution < -0.4 is 4.74 Å². The van der Waals surface area contributed by atoms with E-state index < -0.39 is 0 Å². The highest BCUT2D eigenvalue weighted by Gasteiger charge is 2.16. The minimum Gasteiger partial charge on any atom is -0.490 e. The molecule has 0 heterocycles. The molecule has 1 fully saturated rings. The quantitative estimate of drug-likeness (QED) is 0.709. The van der Waals surface area contributed by atoms with Crippen LogP contribution in [0, 0.1) is 0 Å². The molecule has 0 bridgehead atoms. The molecule has 0 radical (unpaired) electrons. The Morgan fingerprint density at radius 2 is 1.87 bits per heavy atom. The van der Waals surface area contributed by atoms with Gasteiger partial charge in [0.2, 0.25) is 0 Å². The molecule has 82 valence electrons. The fourth-order valence-corrected chi connectivity index (χ4v) is 2.64. The van der Waals surface area contributed by atoms with Gasteiger partial charge in [-0.05, 0) is 55.7 Å². The monoisotopic (exact) mass is 222 g/mol. The molecule has 0 unspecified atom stereocenters. The van der Waals surface area contributed by atoms with E-state index >= 15 is 0 Å². The predicted molar refractivity (Wildman–Crippen MR) is 65.7 cm³/mol. The lowest BCUT2D eigenvalue weighted by Gasteiger charge is -2.12. The first-order valence-electron chi connectivity index (χ1n) is 5.78. The van der Waals surface area contributed by atoms with Crippen molar-refractivity contribution in [3.8, 4) is 5.75 Å². The average molecular weight is 222 g/mol. The smallest absolute Gasteiger partial charge is 0.119 e. The van der Waals surface area contributed by atoms with Gasteiger partial charge in [-0.3, -0.25) is 0 Å². The molecule has 1 aliphatic carbocycles. The van der Waals surface area contributed by atoms with Crippen molar-refractivity contribution in [3.63, 3.8) is 0 Å². The molecule has 0 saturated heterocycles. The summed E-state index contributed by atoms with van der Waals surface area (Å²) >= 11 is 1.87. The number of ether oxygens (including phenoxy) is 1. The zero-order chi connectivity index (χ0) is 10.5. The Hall–Kier alpha value is -0.630. The Kier molecular flexibility index (Phi) is 3.95. The zero-order valence-corrected chi connectivity index (χ0v) is 10.1. The molecule has 1 saturated carbocycles. The highest BCUT2D eigenvalue weighted by atomic mass is 32.2. The average Bonchev–Trinajstić information content (AvgIpc) is 2.74. The van der Waals surface area contributed by atoms with Crippen molar-refractivity contribution in [2.75, 3.05) is 5.75 Å². The summed E-state index contributed by atoms with van der Waals surface area (Å²) in [5.41, 5.74) is 0. The molecule has 2 rings (SSSR count). The number of thioether (sulfide) groups is 1. The standard InChI is InChI=1S/C13H18OS/c1-2-15-13-9-7-12(8-10-13)14-11-5-3-4-6-11/h7-11H,2-6H2,1H3. The fraction of sp³-hybridized carbons (Fsp3) is 0.538. The summed E-state index contributed by atoms with van der Waals surface area (Å²) in [6.45, 7) is 2.17. The molecule has 1 aromatic rings. The summed E-state index contributed by atoms with van der Waals surface area (Å²) in [7, 11) is 0. The molecule has 0 atom stereocenters. The van der Waals surface area contributed by atoms with Gasteiger partial charge in [-0.2, -0.15) is 0 Å². The summed E-state index contributed by atoms with van der Waals surface area (Å²) in [6, 6.07) is 8.49. The van der Waals surface area contributed by atoms with Gasteiger partial charge in [0, 0.05) is 4.90 Å². The number of benzene rings is 1. The number of hydrogen-bond acceptors (Lipinski definition) is 2. The van der Waals surface area contributed by atoms with Crippen molar-refractivity contribution in [2.45, 2.75) is 43.6 Å². The lowest BCUT2D eigenvalue weighted by Crippen LogP contribution is -2.10. The predicted octanol–water partition coefficient (Wildman–Crippen LogP) is 4.12. The Balaban J connectivity index is 1.91. The zero-order valence-electron chi connectivity index (χ0n) is 9.24. The molecule has 0 aromatic heterocycles. The minimum absolute atomic E-state index is 0.467. The van der Waals surface area contributed by atoms with Crippen LogP contribution in [0.1, 0.15) is 32.6 Å².